The average molecular weight is 381 g/mol. The Kier molecular flexibility index (Phi) is 6.93. The van der Waals surface area contributed by atoms with E-state index in [1.54, 1.807) is 7.11 Å². The molecule has 0 spiro atoms. The summed E-state index contributed by atoms with van der Waals surface area (Å²) in [6.07, 6.45) is 1.14. The van der Waals surface area contributed by atoms with E-state index in [0.717, 1.165) is 44.3 Å². The molecule has 2 aromatic rings. The van der Waals surface area contributed by atoms with Gasteiger partial charge in [-0.1, -0.05) is 36.4 Å². The number of aliphatic imine (C=N–C) groups is 1. The number of hydrogen-bond acceptors (Lipinski definition) is 3. The van der Waals surface area contributed by atoms with E-state index in [2.05, 4.69) is 70.6 Å². The van der Waals surface area contributed by atoms with Crippen molar-refractivity contribution >= 4 is 5.96 Å². The molecule has 5 nitrogen and oxygen atoms in total. The second-order valence-corrected chi connectivity index (χ2v) is 7.61. The third-order valence-corrected chi connectivity index (χ3v) is 5.33. The molecule has 1 aliphatic rings. The van der Waals surface area contributed by atoms with Crippen LogP contribution in [-0.4, -0.2) is 57.1 Å². The van der Waals surface area contributed by atoms with Crippen LogP contribution in [0.4, 0.5) is 0 Å². The van der Waals surface area contributed by atoms with E-state index in [9.17, 15) is 0 Å². The lowest BCUT2D eigenvalue weighted by Crippen LogP contribution is -2.39. The van der Waals surface area contributed by atoms with Gasteiger partial charge in [0.25, 0.3) is 0 Å². The van der Waals surface area contributed by atoms with Gasteiger partial charge in [-0.15, -0.1) is 0 Å². The molecule has 150 valence electrons. The Bertz CT molecular complexity index is 785. The molecule has 1 unspecified atom stereocenters. The van der Waals surface area contributed by atoms with Crippen LogP contribution in [0.5, 0.6) is 5.75 Å². The highest BCUT2D eigenvalue weighted by molar-refractivity contribution is 5.80. The quantitative estimate of drug-likeness (QED) is 0.616. The van der Waals surface area contributed by atoms with Gasteiger partial charge in [0, 0.05) is 39.1 Å². The molecule has 0 radical (unpaired) electrons. The fourth-order valence-electron chi connectivity index (χ4n) is 3.83. The van der Waals surface area contributed by atoms with Crippen molar-refractivity contribution < 1.29 is 4.74 Å². The highest BCUT2D eigenvalue weighted by atomic mass is 16.5. The Morgan fingerprint density at radius 1 is 1.14 bits per heavy atom. The monoisotopic (exact) mass is 380 g/mol. The van der Waals surface area contributed by atoms with Crippen LogP contribution in [0, 0.1) is 0 Å². The van der Waals surface area contributed by atoms with E-state index >= 15 is 0 Å². The Morgan fingerprint density at radius 2 is 1.86 bits per heavy atom. The minimum Gasteiger partial charge on any atom is -0.497 e. The van der Waals surface area contributed by atoms with Gasteiger partial charge in [-0.25, -0.2) is 0 Å². The first-order valence-corrected chi connectivity index (χ1v) is 9.91. The highest BCUT2D eigenvalue weighted by Gasteiger charge is 2.26. The van der Waals surface area contributed by atoms with Gasteiger partial charge >= 0.3 is 0 Å². The van der Waals surface area contributed by atoms with Gasteiger partial charge in [-0.05, 0) is 49.3 Å². The zero-order valence-corrected chi connectivity index (χ0v) is 17.5. The lowest BCUT2D eigenvalue weighted by Gasteiger charge is -2.23. The normalized spacial score (nSPS) is 17.2. The molecule has 0 saturated carbocycles. The summed E-state index contributed by atoms with van der Waals surface area (Å²) in [7, 11) is 7.78. The number of benzene rings is 2. The lowest BCUT2D eigenvalue weighted by molar-refractivity contribution is 0.400. The summed E-state index contributed by atoms with van der Waals surface area (Å²) in [6.45, 7) is 3.75. The maximum Gasteiger partial charge on any atom is 0.193 e. The molecule has 1 atom stereocenters. The Balaban J connectivity index is 1.60. The van der Waals surface area contributed by atoms with Crippen molar-refractivity contribution in [2.24, 2.45) is 4.99 Å². The molecule has 0 aliphatic carbocycles. The molecule has 0 amide bonds. The number of methoxy groups -OCH3 is 1. The fraction of sp³-hybridized carbons (Fsp3) is 0.435. The molecular weight excluding hydrogens is 348 g/mol. The molecule has 1 heterocycles. The molecule has 0 bridgehead atoms. The molecule has 1 aliphatic heterocycles. The number of rotatable bonds is 6. The van der Waals surface area contributed by atoms with Gasteiger partial charge in [0.1, 0.15) is 5.75 Å². The molecule has 5 heteroatoms. The average Bonchev–Trinajstić information content (AvgIpc) is 3.19. The third kappa shape index (κ3) is 5.04. The largest absolute Gasteiger partial charge is 0.497 e. The Hall–Kier alpha value is -2.53. The van der Waals surface area contributed by atoms with Crippen LogP contribution < -0.4 is 10.1 Å². The van der Waals surface area contributed by atoms with Crippen molar-refractivity contribution in [2.45, 2.75) is 25.4 Å². The molecular formula is C23H32N4O. The standard InChI is InChI=1S/C23H32N4O/c1-24-23(25-15-19-7-5-6-8-20(19)16-26(2)3)27-14-13-21(17-27)18-9-11-22(28-4)12-10-18/h5-12,21H,13-17H2,1-4H3,(H,24,25). The summed E-state index contributed by atoms with van der Waals surface area (Å²) in [5, 5.41) is 3.57. The van der Waals surface area contributed by atoms with Crippen LogP contribution in [0.15, 0.2) is 53.5 Å². The van der Waals surface area contributed by atoms with Gasteiger partial charge in [0.2, 0.25) is 0 Å². The van der Waals surface area contributed by atoms with E-state index < -0.39 is 0 Å². The summed E-state index contributed by atoms with van der Waals surface area (Å²) >= 11 is 0. The number of nitrogens with one attached hydrogen (secondary N) is 1. The summed E-state index contributed by atoms with van der Waals surface area (Å²) < 4.78 is 5.27. The lowest BCUT2D eigenvalue weighted by atomic mass is 9.98. The zero-order chi connectivity index (χ0) is 19.9. The van der Waals surface area contributed by atoms with Crippen LogP contribution >= 0.6 is 0 Å². The minimum atomic E-state index is 0.533. The van der Waals surface area contributed by atoms with Crippen molar-refractivity contribution in [3.05, 3.63) is 65.2 Å². The highest BCUT2D eigenvalue weighted by Crippen LogP contribution is 2.28. The summed E-state index contributed by atoms with van der Waals surface area (Å²) in [4.78, 5) is 9.10. The molecule has 3 rings (SSSR count). The number of ether oxygens (including phenoxy) is 1. The van der Waals surface area contributed by atoms with Crippen LogP contribution in [0.1, 0.15) is 29.0 Å². The predicted octanol–water partition coefficient (Wildman–Crippen LogP) is 3.32. The molecule has 1 saturated heterocycles. The molecule has 1 N–H and O–H groups in total. The minimum absolute atomic E-state index is 0.533. The van der Waals surface area contributed by atoms with Gasteiger partial charge < -0.3 is 19.9 Å². The maximum atomic E-state index is 5.27. The summed E-state index contributed by atoms with van der Waals surface area (Å²) in [5.41, 5.74) is 4.05. The van der Waals surface area contributed by atoms with Crippen LogP contribution in [-0.2, 0) is 13.1 Å². The van der Waals surface area contributed by atoms with Crippen LogP contribution in [0.3, 0.4) is 0 Å². The van der Waals surface area contributed by atoms with E-state index in [0.29, 0.717) is 5.92 Å². The van der Waals surface area contributed by atoms with Gasteiger partial charge in [0.15, 0.2) is 5.96 Å². The van der Waals surface area contributed by atoms with E-state index in [4.69, 9.17) is 4.74 Å². The predicted molar refractivity (Wildman–Crippen MR) is 116 cm³/mol. The first kappa shape index (κ1) is 20.2. The maximum absolute atomic E-state index is 5.27. The molecule has 28 heavy (non-hydrogen) atoms. The molecule has 1 fully saturated rings. The van der Waals surface area contributed by atoms with Gasteiger partial charge in [0.05, 0.1) is 7.11 Å². The van der Waals surface area contributed by atoms with Crippen molar-refractivity contribution in [1.29, 1.82) is 0 Å². The fourth-order valence-corrected chi connectivity index (χ4v) is 3.83. The van der Waals surface area contributed by atoms with Crippen molar-refractivity contribution in [1.82, 2.24) is 15.1 Å². The Labute approximate surface area is 169 Å². The number of nitrogens with zero attached hydrogens (tertiary/aromatic N) is 3. The van der Waals surface area contributed by atoms with E-state index in [1.165, 1.54) is 16.7 Å². The molecule has 2 aromatic carbocycles. The van der Waals surface area contributed by atoms with Crippen LogP contribution in [0.25, 0.3) is 0 Å². The number of guanidine groups is 1. The van der Waals surface area contributed by atoms with E-state index in [-0.39, 0.29) is 0 Å². The van der Waals surface area contributed by atoms with E-state index in [1.807, 2.05) is 19.2 Å². The summed E-state index contributed by atoms with van der Waals surface area (Å²) in [6, 6.07) is 17.1. The van der Waals surface area contributed by atoms with Crippen LogP contribution in [0.2, 0.25) is 0 Å². The second-order valence-electron chi connectivity index (χ2n) is 7.61. The summed E-state index contributed by atoms with van der Waals surface area (Å²) in [5.74, 6) is 2.42. The number of likely N-dealkylation sites (tertiary alicyclic amines) is 1. The third-order valence-electron chi connectivity index (χ3n) is 5.33. The topological polar surface area (TPSA) is 40.1 Å². The second kappa shape index (κ2) is 9.60. The van der Waals surface area contributed by atoms with Crippen molar-refractivity contribution in [3.63, 3.8) is 0 Å². The molecule has 0 aromatic heterocycles. The SMILES string of the molecule is CN=C(NCc1ccccc1CN(C)C)N1CCC(c2ccc(OC)cc2)C1. The van der Waals surface area contributed by atoms with Gasteiger partial charge in [-0.3, -0.25) is 4.99 Å². The zero-order valence-electron chi connectivity index (χ0n) is 17.5. The van der Waals surface area contributed by atoms with Gasteiger partial charge in [-0.2, -0.15) is 0 Å². The van der Waals surface area contributed by atoms with Crippen molar-refractivity contribution in [2.75, 3.05) is 41.3 Å². The first-order valence-electron chi connectivity index (χ1n) is 9.91. The first-order chi connectivity index (χ1) is 13.6. The number of hydrogen-bond donors (Lipinski definition) is 1. The Morgan fingerprint density at radius 3 is 2.50 bits per heavy atom. The van der Waals surface area contributed by atoms with Crippen molar-refractivity contribution in [3.8, 4) is 5.75 Å². The smallest absolute Gasteiger partial charge is 0.193 e.